The number of anilines is 1. The SMILES string of the molecule is COc1ccc(N2C(=O)/C(=C/c3ccc(Cl)cc3Cl)SC2=S)cc1. The molecule has 1 heterocycles. The third kappa shape index (κ3) is 3.44. The number of amides is 1. The summed E-state index contributed by atoms with van der Waals surface area (Å²) in [6.07, 6.45) is 1.72. The molecule has 1 fully saturated rings. The summed E-state index contributed by atoms with van der Waals surface area (Å²) in [5, 5.41) is 1.03. The second-order valence-electron chi connectivity index (χ2n) is 4.88. The minimum atomic E-state index is -0.179. The standard InChI is InChI=1S/C17H11Cl2NO2S2/c1-22-13-6-4-12(5-7-13)20-16(21)15(24-17(20)23)8-10-2-3-11(18)9-14(10)19/h2-9H,1H3/b15-8-. The number of thioether (sulfide) groups is 1. The summed E-state index contributed by atoms with van der Waals surface area (Å²) < 4.78 is 5.60. The lowest BCUT2D eigenvalue weighted by molar-refractivity contribution is -0.113. The summed E-state index contributed by atoms with van der Waals surface area (Å²) in [4.78, 5) is 14.7. The van der Waals surface area contributed by atoms with Gasteiger partial charge in [0.15, 0.2) is 4.32 Å². The third-order valence-electron chi connectivity index (χ3n) is 3.37. The summed E-state index contributed by atoms with van der Waals surface area (Å²) in [7, 11) is 1.59. The average molecular weight is 396 g/mol. The van der Waals surface area contributed by atoms with Crippen LogP contribution in [0, 0.1) is 0 Å². The van der Waals surface area contributed by atoms with E-state index in [4.69, 9.17) is 40.2 Å². The van der Waals surface area contributed by atoms with Crippen molar-refractivity contribution < 1.29 is 9.53 Å². The Morgan fingerprint density at radius 1 is 1.17 bits per heavy atom. The molecule has 3 rings (SSSR count). The molecule has 2 aromatic rings. The molecular weight excluding hydrogens is 385 g/mol. The molecule has 24 heavy (non-hydrogen) atoms. The van der Waals surface area contributed by atoms with E-state index in [1.165, 1.54) is 16.7 Å². The molecule has 0 unspecified atom stereocenters. The van der Waals surface area contributed by atoms with Crippen LogP contribution < -0.4 is 9.64 Å². The Morgan fingerprint density at radius 2 is 1.88 bits per heavy atom. The maximum Gasteiger partial charge on any atom is 0.270 e. The van der Waals surface area contributed by atoms with Gasteiger partial charge in [-0.1, -0.05) is 53.2 Å². The lowest BCUT2D eigenvalue weighted by Crippen LogP contribution is -2.27. The van der Waals surface area contributed by atoms with Crippen LogP contribution in [0.5, 0.6) is 5.75 Å². The molecule has 1 amide bonds. The molecule has 0 radical (unpaired) electrons. The number of nitrogens with zero attached hydrogens (tertiary/aromatic N) is 1. The van der Waals surface area contributed by atoms with Crippen LogP contribution in [-0.2, 0) is 4.79 Å². The minimum Gasteiger partial charge on any atom is -0.497 e. The molecule has 0 aromatic heterocycles. The summed E-state index contributed by atoms with van der Waals surface area (Å²) in [5.74, 6) is 0.536. The number of carbonyl (C=O) groups excluding carboxylic acids is 1. The first kappa shape index (κ1) is 17.3. The van der Waals surface area contributed by atoms with Gasteiger partial charge in [-0.2, -0.15) is 0 Å². The number of rotatable bonds is 3. The van der Waals surface area contributed by atoms with Crippen LogP contribution in [0.25, 0.3) is 6.08 Å². The zero-order valence-electron chi connectivity index (χ0n) is 12.5. The highest BCUT2D eigenvalue weighted by Crippen LogP contribution is 2.37. The molecule has 3 nitrogen and oxygen atoms in total. The Hall–Kier alpha value is -1.53. The van der Waals surface area contributed by atoms with Crippen molar-refractivity contribution in [2.75, 3.05) is 12.0 Å². The molecule has 0 N–H and O–H groups in total. The first-order valence-electron chi connectivity index (χ1n) is 6.86. The van der Waals surface area contributed by atoms with Crippen LogP contribution >= 0.6 is 47.2 Å². The number of ether oxygens (including phenoxy) is 1. The Morgan fingerprint density at radius 3 is 2.50 bits per heavy atom. The number of hydrogen-bond acceptors (Lipinski definition) is 4. The molecule has 0 aliphatic carbocycles. The maximum absolute atomic E-state index is 12.7. The zero-order chi connectivity index (χ0) is 17.3. The largest absolute Gasteiger partial charge is 0.497 e. The maximum atomic E-state index is 12.7. The first-order valence-corrected chi connectivity index (χ1v) is 8.85. The number of hydrogen-bond donors (Lipinski definition) is 0. The van der Waals surface area contributed by atoms with Crippen LogP contribution in [0.1, 0.15) is 5.56 Å². The molecule has 0 atom stereocenters. The summed E-state index contributed by atoms with van der Waals surface area (Å²) >= 11 is 18.7. The minimum absolute atomic E-state index is 0.179. The van der Waals surface area contributed by atoms with E-state index in [1.54, 1.807) is 55.7 Å². The van der Waals surface area contributed by atoms with E-state index in [-0.39, 0.29) is 5.91 Å². The number of benzene rings is 2. The molecule has 2 aromatic carbocycles. The monoisotopic (exact) mass is 395 g/mol. The van der Waals surface area contributed by atoms with Gasteiger partial charge in [0.25, 0.3) is 5.91 Å². The van der Waals surface area contributed by atoms with Crippen molar-refractivity contribution in [2.24, 2.45) is 0 Å². The lowest BCUT2D eigenvalue weighted by atomic mass is 10.2. The topological polar surface area (TPSA) is 29.5 Å². The van der Waals surface area contributed by atoms with E-state index in [0.29, 0.717) is 30.7 Å². The van der Waals surface area contributed by atoms with E-state index in [1.807, 2.05) is 0 Å². The molecule has 1 aliphatic heterocycles. The fraction of sp³-hybridized carbons (Fsp3) is 0.0588. The van der Waals surface area contributed by atoms with Crippen LogP contribution in [-0.4, -0.2) is 17.3 Å². The molecule has 0 spiro atoms. The van der Waals surface area contributed by atoms with Gasteiger partial charge in [-0.25, -0.2) is 0 Å². The van der Waals surface area contributed by atoms with Gasteiger partial charge in [0.2, 0.25) is 0 Å². The van der Waals surface area contributed by atoms with E-state index in [9.17, 15) is 4.79 Å². The van der Waals surface area contributed by atoms with Gasteiger partial charge < -0.3 is 4.74 Å². The Kier molecular flexibility index (Phi) is 5.15. The highest BCUT2D eigenvalue weighted by atomic mass is 35.5. The van der Waals surface area contributed by atoms with Gasteiger partial charge in [-0.15, -0.1) is 0 Å². The quantitative estimate of drug-likeness (QED) is 0.513. The highest BCUT2D eigenvalue weighted by Gasteiger charge is 2.33. The lowest BCUT2D eigenvalue weighted by Gasteiger charge is -2.14. The highest BCUT2D eigenvalue weighted by molar-refractivity contribution is 8.27. The Balaban J connectivity index is 1.92. The van der Waals surface area contributed by atoms with E-state index in [2.05, 4.69) is 0 Å². The smallest absolute Gasteiger partial charge is 0.270 e. The number of halogens is 2. The van der Waals surface area contributed by atoms with Gasteiger partial charge in [0, 0.05) is 10.0 Å². The van der Waals surface area contributed by atoms with Gasteiger partial charge in [0.1, 0.15) is 5.75 Å². The predicted octanol–water partition coefficient (Wildman–Crippen LogP) is 5.41. The number of thiocarbonyl (C=S) groups is 1. The van der Waals surface area contributed by atoms with Gasteiger partial charge >= 0.3 is 0 Å². The second-order valence-corrected chi connectivity index (χ2v) is 7.40. The van der Waals surface area contributed by atoms with Crippen LogP contribution in [0.15, 0.2) is 47.4 Å². The molecule has 1 aliphatic rings. The number of methoxy groups -OCH3 is 1. The van der Waals surface area contributed by atoms with Gasteiger partial charge in [-0.05, 0) is 48.0 Å². The van der Waals surface area contributed by atoms with Crippen LogP contribution in [0.2, 0.25) is 10.0 Å². The molecule has 0 bridgehead atoms. The van der Waals surface area contributed by atoms with Crippen molar-refractivity contribution in [1.82, 2.24) is 0 Å². The predicted molar refractivity (Wildman–Crippen MR) is 105 cm³/mol. The average Bonchev–Trinajstić information content (AvgIpc) is 2.84. The molecule has 0 saturated carbocycles. The van der Waals surface area contributed by atoms with Crippen LogP contribution in [0.4, 0.5) is 5.69 Å². The Labute approximate surface area is 159 Å². The van der Waals surface area contributed by atoms with Gasteiger partial charge in [0.05, 0.1) is 17.7 Å². The van der Waals surface area contributed by atoms with Crippen molar-refractivity contribution in [1.29, 1.82) is 0 Å². The van der Waals surface area contributed by atoms with Crippen molar-refractivity contribution in [3.8, 4) is 5.75 Å². The van der Waals surface area contributed by atoms with Crippen molar-refractivity contribution in [2.45, 2.75) is 0 Å². The number of carbonyl (C=O) groups is 1. The third-order valence-corrected chi connectivity index (χ3v) is 5.24. The second kappa shape index (κ2) is 7.15. The van der Waals surface area contributed by atoms with Crippen molar-refractivity contribution in [3.63, 3.8) is 0 Å². The Bertz CT molecular complexity index is 850. The summed E-state index contributed by atoms with van der Waals surface area (Å²) in [5.41, 5.74) is 1.42. The fourth-order valence-electron chi connectivity index (χ4n) is 2.18. The summed E-state index contributed by atoms with van der Waals surface area (Å²) in [6, 6.07) is 12.3. The van der Waals surface area contributed by atoms with E-state index in [0.717, 1.165) is 5.56 Å². The molecule has 122 valence electrons. The fourth-order valence-corrected chi connectivity index (χ4v) is 3.93. The zero-order valence-corrected chi connectivity index (χ0v) is 15.6. The molecule has 1 saturated heterocycles. The van der Waals surface area contributed by atoms with Crippen LogP contribution in [0.3, 0.4) is 0 Å². The van der Waals surface area contributed by atoms with Crippen molar-refractivity contribution >= 4 is 69.2 Å². The molecule has 7 heteroatoms. The van der Waals surface area contributed by atoms with Gasteiger partial charge in [-0.3, -0.25) is 9.69 Å². The first-order chi connectivity index (χ1) is 11.5. The summed E-state index contributed by atoms with van der Waals surface area (Å²) in [6.45, 7) is 0. The van der Waals surface area contributed by atoms with E-state index < -0.39 is 0 Å². The van der Waals surface area contributed by atoms with Crippen molar-refractivity contribution in [3.05, 3.63) is 63.0 Å². The molecular formula is C17H11Cl2NO2S2. The normalized spacial score (nSPS) is 16.1. The van der Waals surface area contributed by atoms with E-state index >= 15 is 0 Å².